The number of carboxylic acid groups (broad SMARTS) is 2. The average molecular weight is 200 g/mol. The van der Waals surface area contributed by atoms with Crippen LogP contribution in [0.1, 0.15) is 33.6 Å². The normalized spacial score (nSPS) is 35.5. The van der Waals surface area contributed by atoms with Gasteiger partial charge in [-0.05, 0) is 25.2 Å². The maximum Gasteiger partial charge on any atom is 0.309 e. The molecule has 80 valence electrons. The molecule has 1 saturated carbocycles. The zero-order valence-electron chi connectivity index (χ0n) is 8.70. The quantitative estimate of drug-likeness (QED) is 0.710. The molecule has 0 aromatic heterocycles. The van der Waals surface area contributed by atoms with Gasteiger partial charge in [0, 0.05) is 0 Å². The summed E-state index contributed by atoms with van der Waals surface area (Å²) in [6.07, 6.45) is 0.886. The summed E-state index contributed by atoms with van der Waals surface area (Å²) in [5.41, 5.74) is -1.61. The Hall–Kier alpha value is -1.06. The molecule has 0 saturated heterocycles. The van der Waals surface area contributed by atoms with Crippen molar-refractivity contribution < 1.29 is 19.8 Å². The van der Waals surface area contributed by atoms with Gasteiger partial charge < -0.3 is 10.2 Å². The Kier molecular flexibility index (Phi) is 2.34. The van der Waals surface area contributed by atoms with E-state index in [0.29, 0.717) is 12.8 Å². The van der Waals surface area contributed by atoms with Crippen molar-refractivity contribution in [3.8, 4) is 0 Å². The summed E-state index contributed by atoms with van der Waals surface area (Å²) in [5, 5.41) is 18.1. The van der Waals surface area contributed by atoms with E-state index < -0.39 is 28.7 Å². The fourth-order valence-electron chi connectivity index (χ4n) is 2.32. The molecule has 1 aliphatic carbocycles. The van der Waals surface area contributed by atoms with E-state index in [4.69, 9.17) is 10.2 Å². The molecule has 0 aliphatic heterocycles. The molecule has 1 fully saturated rings. The van der Waals surface area contributed by atoms with Crippen LogP contribution in [-0.2, 0) is 9.59 Å². The van der Waals surface area contributed by atoms with Crippen LogP contribution in [0.25, 0.3) is 0 Å². The van der Waals surface area contributed by atoms with Gasteiger partial charge >= 0.3 is 11.9 Å². The number of rotatable bonds is 2. The molecule has 0 bridgehead atoms. The van der Waals surface area contributed by atoms with Crippen molar-refractivity contribution in [1.29, 1.82) is 0 Å². The molecule has 0 unspecified atom stereocenters. The van der Waals surface area contributed by atoms with Crippen LogP contribution < -0.4 is 0 Å². The molecule has 0 heterocycles. The van der Waals surface area contributed by atoms with E-state index in [1.54, 1.807) is 20.8 Å². The van der Waals surface area contributed by atoms with Crippen LogP contribution in [0.5, 0.6) is 0 Å². The Bertz CT molecular complexity index is 282. The van der Waals surface area contributed by atoms with Crippen LogP contribution in [0.2, 0.25) is 0 Å². The fraction of sp³-hybridized carbons (Fsp3) is 0.800. The van der Waals surface area contributed by atoms with Gasteiger partial charge in [0.25, 0.3) is 0 Å². The first kappa shape index (κ1) is 11.0. The van der Waals surface area contributed by atoms with Crippen LogP contribution >= 0.6 is 0 Å². The lowest BCUT2D eigenvalue weighted by Gasteiger charge is -2.36. The Morgan fingerprint density at radius 1 is 1.21 bits per heavy atom. The van der Waals surface area contributed by atoms with Crippen molar-refractivity contribution in [3.05, 3.63) is 0 Å². The number of aliphatic carboxylic acids is 2. The third kappa shape index (κ3) is 1.21. The molecular formula is C10H16O4. The fourth-order valence-corrected chi connectivity index (χ4v) is 2.32. The maximum atomic E-state index is 11.1. The van der Waals surface area contributed by atoms with E-state index in [2.05, 4.69) is 0 Å². The van der Waals surface area contributed by atoms with E-state index in [9.17, 15) is 9.59 Å². The third-order valence-corrected chi connectivity index (χ3v) is 4.00. The number of hydrogen-bond donors (Lipinski definition) is 2. The molecule has 2 atom stereocenters. The average Bonchev–Trinajstić information content (AvgIpc) is 2.24. The summed E-state index contributed by atoms with van der Waals surface area (Å²) in [4.78, 5) is 22.0. The van der Waals surface area contributed by atoms with Gasteiger partial charge in [0.1, 0.15) is 0 Å². The van der Waals surface area contributed by atoms with Gasteiger partial charge in [-0.2, -0.15) is 0 Å². The maximum absolute atomic E-state index is 11.1. The summed E-state index contributed by atoms with van der Waals surface area (Å²) >= 11 is 0. The first-order valence-electron chi connectivity index (χ1n) is 4.69. The molecule has 2 N–H and O–H groups in total. The van der Waals surface area contributed by atoms with Crippen molar-refractivity contribution in [2.24, 2.45) is 16.7 Å². The van der Waals surface area contributed by atoms with Gasteiger partial charge in [-0.15, -0.1) is 0 Å². The van der Waals surface area contributed by atoms with E-state index in [1.165, 1.54) is 0 Å². The van der Waals surface area contributed by atoms with Crippen LogP contribution in [0.4, 0.5) is 0 Å². The largest absolute Gasteiger partial charge is 0.481 e. The second-order valence-corrected chi connectivity index (χ2v) is 4.79. The number of hydrogen-bond acceptors (Lipinski definition) is 2. The number of carboxylic acids is 2. The van der Waals surface area contributed by atoms with Gasteiger partial charge in [0.15, 0.2) is 0 Å². The third-order valence-electron chi connectivity index (χ3n) is 4.00. The second-order valence-electron chi connectivity index (χ2n) is 4.79. The molecule has 1 rings (SSSR count). The molecule has 0 aromatic carbocycles. The minimum atomic E-state index is -0.921. The monoisotopic (exact) mass is 200 g/mol. The zero-order chi connectivity index (χ0) is 11.1. The highest BCUT2D eigenvalue weighted by Gasteiger charge is 2.58. The van der Waals surface area contributed by atoms with Crippen molar-refractivity contribution in [2.45, 2.75) is 33.6 Å². The van der Waals surface area contributed by atoms with Crippen LogP contribution in [0.15, 0.2) is 0 Å². The topological polar surface area (TPSA) is 74.6 Å². The highest BCUT2D eigenvalue weighted by atomic mass is 16.4. The molecule has 1 aliphatic rings. The lowest BCUT2D eigenvalue weighted by molar-refractivity contribution is -0.157. The molecule has 0 aromatic rings. The predicted octanol–water partition coefficient (Wildman–Crippen LogP) is 1.60. The molecule has 0 amide bonds. The van der Waals surface area contributed by atoms with Gasteiger partial charge in [-0.1, -0.05) is 13.8 Å². The molecular weight excluding hydrogens is 184 g/mol. The molecule has 14 heavy (non-hydrogen) atoms. The minimum Gasteiger partial charge on any atom is -0.481 e. The van der Waals surface area contributed by atoms with Gasteiger partial charge in [0.05, 0.1) is 11.3 Å². The molecule has 0 spiro atoms. The predicted molar refractivity (Wildman–Crippen MR) is 49.9 cm³/mol. The highest BCUT2D eigenvalue weighted by Crippen LogP contribution is 2.56. The van der Waals surface area contributed by atoms with Crippen molar-refractivity contribution in [3.63, 3.8) is 0 Å². The van der Waals surface area contributed by atoms with Crippen LogP contribution in [-0.4, -0.2) is 22.2 Å². The van der Waals surface area contributed by atoms with E-state index >= 15 is 0 Å². The SMILES string of the molecule is CC1(C)[C@@H](C(=O)O)CC[C@]1(C)C(=O)O. The van der Waals surface area contributed by atoms with Gasteiger partial charge in [0.2, 0.25) is 0 Å². The zero-order valence-corrected chi connectivity index (χ0v) is 8.70. The van der Waals surface area contributed by atoms with Crippen molar-refractivity contribution >= 4 is 11.9 Å². The summed E-state index contributed by atoms with van der Waals surface area (Å²) < 4.78 is 0. The Balaban J connectivity index is 3.08. The first-order chi connectivity index (χ1) is 6.23. The van der Waals surface area contributed by atoms with Crippen LogP contribution in [0, 0.1) is 16.7 Å². The molecule has 4 heteroatoms. The lowest BCUT2D eigenvalue weighted by Crippen LogP contribution is -2.42. The Labute approximate surface area is 82.9 Å². The first-order valence-corrected chi connectivity index (χ1v) is 4.69. The summed E-state index contributed by atoms with van der Waals surface area (Å²) in [5.74, 6) is -2.34. The molecule has 0 radical (unpaired) electrons. The highest BCUT2D eigenvalue weighted by molar-refractivity contribution is 5.80. The Morgan fingerprint density at radius 2 is 1.71 bits per heavy atom. The summed E-state index contributed by atoms with van der Waals surface area (Å²) in [6.45, 7) is 5.10. The Morgan fingerprint density at radius 3 is 1.93 bits per heavy atom. The summed E-state index contributed by atoms with van der Waals surface area (Å²) in [6, 6.07) is 0. The smallest absolute Gasteiger partial charge is 0.309 e. The second kappa shape index (κ2) is 2.97. The lowest BCUT2D eigenvalue weighted by atomic mass is 9.66. The van der Waals surface area contributed by atoms with Crippen molar-refractivity contribution in [2.75, 3.05) is 0 Å². The van der Waals surface area contributed by atoms with E-state index in [1.807, 2.05) is 0 Å². The standard InChI is InChI=1S/C10H16O4/c1-9(2)6(7(11)12)4-5-10(9,3)8(13)14/h6H,4-5H2,1-3H3,(H,11,12)(H,13,14)/t6-,10-/m1/s1. The van der Waals surface area contributed by atoms with Crippen molar-refractivity contribution in [1.82, 2.24) is 0 Å². The van der Waals surface area contributed by atoms with Gasteiger partial charge in [-0.25, -0.2) is 0 Å². The van der Waals surface area contributed by atoms with Gasteiger partial charge in [-0.3, -0.25) is 9.59 Å². The minimum absolute atomic E-state index is 0.437. The van der Waals surface area contributed by atoms with Crippen LogP contribution in [0.3, 0.4) is 0 Å². The van der Waals surface area contributed by atoms with E-state index in [0.717, 1.165) is 0 Å². The number of carbonyl (C=O) groups is 2. The van der Waals surface area contributed by atoms with E-state index in [-0.39, 0.29) is 0 Å². The molecule has 4 nitrogen and oxygen atoms in total. The summed E-state index contributed by atoms with van der Waals surface area (Å²) in [7, 11) is 0.